The van der Waals surface area contributed by atoms with Gasteiger partial charge in [0, 0.05) is 29.9 Å². The average molecular weight is 320 g/mol. The fourth-order valence-corrected chi connectivity index (χ4v) is 2.16. The van der Waals surface area contributed by atoms with Crippen LogP contribution in [-0.2, 0) is 6.42 Å². The van der Waals surface area contributed by atoms with E-state index in [9.17, 15) is 9.90 Å². The van der Waals surface area contributed by atoms with E-state index < -0.39 is 0 Å². The maximum atomic E-state index is 12.2. The Labute approximate surface area is 141 Å². The molecular formula is C20H20N2O2. The molecule has 2 aromatic heterocycles. The van der Waals surface area contributed by atoms with Gasteiger partial charge >= 0.3 is 0 Å². The largest absolute Gasteiger partial charge is 0.508 e. The van der Waals surface area contributed by atoms with E-state index in [0.717, 1.165) is 11.4 Å². The molecule has 0 aliphatic heterocycles. The van der Waals surface area contributed by atoms with Gasteiger partial charge in [-0.2, -0.15) is 0 Å². The lowest BCUT2D eigenvalue weighted by atomic mass is 10.0. The second-order valence-electron chi connectivity index (χ2n) is 4.88. The van der Waals surface area contributed by atoms with Crippen molar-refractivity contribution in [2.45, 2.75) is 20.3 Å². The molecule has 2 heterocycles. The van der Waals surface area contributed by atoms with Crippen molar-refractivity contribution in [1.82, 2.24) is 9.97 Å². The molecule has 4 heteroatoms. The van der Waals surface area contributed by atoms with Gasteiger partial charge in [0.15, 0.2) is 5.78 Å². The van der Waals surface area contributed by atoms with Gasteiger partial charge in [-0.3, -0.25) is 14.8 Å². The molecule has 0 aliphatic carbocycles. The number of hydrogen-bond donors (Lipinski definition) is 1. The van der Waals surface area contributed by atoms with Gasteiger partial charge in [-0.15, -0.1) is 0 Å². The number of carbonyl (C=O) groups excluding carboxylic acids is 1. The lowest BCUT2D eigenvalue weighted by molar-refractivity contribution is 0.0991. The second-order valence-corrected chi connectivity index (χ2v) is 4.88. The van der Waals surface area contributed by atoms with Gasteiger partial charge in [0.1, 0.15) is 5.75 Å². The number of Topliss-reactive ketones (excluding diaryl/α,β-unsaturated/α-hetero) is 1. The Hall–Kier alpha value is -3.01. The number of phenolic OH excluding ortho intramolecular Hbond substituents is 1. The number of aromatic hydroxyl groups is 1. The number of nitrogens with zero attached hydrogens (tertiary/aromatic N) is 2. The van der Waals surface area contributed by atoms with Crippen molar-refractivity contribution in [1.29, 1.82) is 0 Å². The van der Waals surface area contributed by atoms with Crippen LogP contribution in [0, 0.1) is 0 Å². The van der Waals surface area contributed by atoms with E-state index in [0.29, 0.717) is 11.1 Å². The lowest BCUT2D eigenvalue weighted by Gasteiger charge is -2.05. The molecule has 0 spiro atoms. The minimum Gasteiger partial charge on any atom is -0.508 e. The van der Waals surface area contributed by atoms with Crippen molar-refractivity contribution < 1.29 is 9.90 Å². The SMILES string of the molecule is CC.O=C(Cc1ccccc1O)c1ccc(-c2ccccn2)nc1. The van der Waals surface area contributed by atoms with Gasteiger partial charge < -0.3 is 5.11 Å². The summed E-state index contributed by atoms with van der Waals surface area (Å²) >= 11 is 0. The zero-order chi connectivity index (χ0) is 17.4. The number of carbonyl (C=O) groups is 1. The van der Waals surface area contributed by atoms with Gasteiger partial charge in [0.2, 0.25) is 0 Å². The Bertz CT molecular complexity index is 784. The third kappa shape index (κ3) is 4.26. The van der Waals surface area contributed by atoms with Crippen LogP contribution in [0.1, 0.15) is 29.8 Å². The average Bonchev–Trinajstić information content (AvgIpc) is 2.66. The van der Waals surface area contributed by atoms with E-state index in [2.05, 4.69) is 9.97 Å². The van der Waals surface area contributed by atoms with Gasteiger partial charge in [-0.25, -0.2) is 0 Å². The van der Waals surface area contributed by atoms with Crippen molar-refractivity contribution in [2.24, 2.45) is 0 Å². The van der Waals surface area contributed by atoms with Crippen molar-refractivity contribution in [3.8, 4) is 17.1 Å². The summed E-state index contributed by atoms with van der Waals surface area (Å²) in [7, 11) is 0. The summed E-state index contributed by atoms with van der Waals surface area (Å²) in [6.45, 7) is 4.00. The Morgan fingerprint density at radius 2 is 1.62 bits per heavy atom. The van der Waals surface area contributed by atoms with Crippen LogP contribution in [0.15, 0.2) is 67.0 Å². The Morgan fingerprint density at radius 1 is 0.917 bits per heavy atom. The highest BCUT2D eigenvalue weighted by molar-refractivity contribution is 5.97. The third-order valence-corrected chi connectivity index (χ3v) is 3.36. The molecule has 0 fully saturated rings. The highest BCUT2D eigenvalue weighted by Gasteiger charge is 2.10. The molecule has 4 nitrogen and oxygen atoms in total. The predicted molar refractivity (Wildman–Crippen MR) is 95.0 cm³/mol. The highest BCUT2D eigenvalue weighted by Crippen LogP contribution is 2.19. The quantitative estimate of drug-likeness (QED) is 0.728. The van der Waals surface area contributed by atoms with Crippen molar-refractivity contribution in [3.63, 3.8) is 0 Å². The van der Waals surface area contributed by atoms with E-state index in [4.69, 9.17) is 0 Å². The third-order valence-electron chi connectivity index (χ3n) is 3.36. The standard InChI is InChI=1S/C18H14N2O2.C2H6/c21-17-7-2-1-5-13(17)11-18(22)14-8-9-16(20-12-14)15-6-3-4-10-19-15;1-2/h1-10,12,21H,11H2;1-2H3. The van der Waals surface area contributed by atoms with Gasteiger partial charge in [-0.1, -0.05) is 38.1 Å². The Kier molecular flexibility index (Phi) is 6.20. The molecule has 3 rings (SSSR count). The first-order valence-electron chi connectivity index (χ1n) is 7.91. The molecule has 1 N–H and O–H groups in total. The van der Waals surface area contributed by atoms with Crippen LogP contribution < -0.4 is 0 Å². The summed E-state index contributed by atoms with van der Waals surface area (Å²) in [6, 6.07) is 16.0. The van der Waals surface area contributed by atoms with Crippen molar-refractivity contribution >= 4 is 5.78 Å². The van der Waals surface area contributed by atoms with Crippen LogP contribution in [0.25, 0.3) is 11.4 Å². The maximum absolute atomic E-state index is 12.2. The van der Waals surface area contributed by atoms with Crippen LogP contribution in [0.2, 0.25) is 0 Å². The number of aromatic nitrogens is 2. The molecule has 0 unspecified atom stereocenters. The van der Waals surface area contributed by atoms with Crippen LogP contribution in [0.5, 0.6) is 5.75 Å². The van der Waals surface area contributed by atoms with E-state index in [1.54, 1.807) is 48.8 Å². The molecule has 0 saturated heterocycles. The minimum atomic E-state index is -0.0819. The summed E-state index contributed by atoms with van der Waals surface area (Å²) in [6.07, 6.45) is 3.40. The smallest absolute Gasteiger partial charge is 0.168 e. The fraction of sp³-hybridized carbons (Fsp3) is 0.150. The molecule has 0 atom stereocenters. The summed E-state index contributed by atoms with van der Waals surface area (Å²) in [5.74, 6) is 0.0514. The number of phenols is 1. The van der Waals surface area contributed by atoms with Crippen LogP contribution in [0.3, 0.4) is 0 Å². The first kappa shape index (κ1) is 17.3. The first-order chi connectivity index (χ1) is 11.7. The normalized spacial score (nSPS) is 9.75. The van der Waals surface area contributed by atoms with E-state index in [-0.39, 0.29) is 18.0 Å². The van der Waals surface area contributed by atoms with Crippen LogP contribution in [0.4, 0.5) is 0 Å². The molecule has 1 aromatic carbocycles. The molecule has 0 bridgehead atoms. The summed E-state index contributed by atoms with van der Waals surface area (Å²) in [4.78, 5) is 20.8. The van der Waals surface area contributed by atoms with Gasteiger partial charge in [-0.05, 0) is 30.3 Å². The molecule has 24 heavy (non-hydrogen) atoms. The van der Waals surface area contributed by atoms with Crippen LogP contribution >= 0.6 is 0 Å². The number of pyridine rings is 2. The summed E-state index contributed by atoms with van der Waals surface area (Å²) in [5.41, 5.74) is 2.62. The lowest BCUT2D eigenvalue weighted by Crippen LogP contribution is -2.04. The molecule has 0 saturated carbocycles. The molecular weight excluding hydrogens is 300 g/mol. The highest BCUT2D eigenvalue weighted by atomic mass is 16.3. The molecule has 122 valence electrons. The molecule has 0 aliphatic rings. The predicted octanol–water partition coefficient (Wildman–Crippen LogP) is 4.30. The zero-order valence-corrected chi connectivity index (χ0v) is 13.8. The maximum Gasteiger partial charge on any atom is 0.168 e. The summed E-state index contributed by atoms with van der Waals surface area (Å²) in [5, 5.41) is 9.72. The van der Waals surface area contributed by atoms with E-state index in [1.807, 2.05) is 32.0 Å². The number of benzene rings is 1. The number of hydrogen-bond acceptors (Lipinski definition) is 4. The van der Waals surface area contributed by atoms with Gasteiger partial charge in [0.25, 0.3) is 0 Å². The molecule has 0 radical (unpaired) electrons. The minimum absolute atomic E-state index is 0.0819. The number of para-hydroxylation sites is 1. The van der Waals surface area contributed by atoms with Crippen molar-refractivity contribution in [3.05, 3.63) is 78.1 Å². The monoisotopic (exact) mass is 320 g/mol. The van der Waals surface area contributed by atoms with Crippen LogP contribution in [-0.4, -0.2) is 20.9 Å². The molecule has 0 amide bonds. The number of rotatable bonds is 4. The topological polar surface area (TPSA) is 63.1 Å². The van der Waals surface area contributed by atoms with Gasteiger partial charge in [0.05, 0.1) is 11.4 Å². The Balaban J connectivity index is 0.00000100. The zero-order valence-electron chi connectivity index (χ0n) is 13.8. The number of ketones is 1. The fourth-order valence-electron chi connectivity index (χ4n) is 2.16. The van der Waals surface area contributed by atoms with E-state index in [1.165, 1.54) is 0 Å². The van der Waals surface area contributed by atoms with Crippen molar-refractivity contribution in [2.75, 3.05) is 0 Å². The first-order valence-corrected chi connectivity index (χ1v) is 7.91. The summed E-state index contributed by atoms with van der Waals surface area (Å²) < 4.78 is 0. The Morgan fingerprint density at radius 3 is 2.25 bits per heavy atom. The second kappa shape index (κ2) is 8.58. The molecule has 3 aromatic rings. The van der Waals surface area contributed by atoms with E-state index >= 15 is 0 Å².